The minimum atomic E-state index is -3.62. The normalized spacial score (nSPS) is 11.9. The monoisotopic (exact) mass is 362 g/mol. The number of halogens is 1. The van der Waals surface area contributed by atoms with E-state index in [9.17, 15) is 8.42 Å². The number of hydrogen-bond acceptors (Lipinski definition) is 5. The molecule has 0 aliphatic rings. The van der Waals surface area contributed by atoms with Crippen LogP contribution in [0.5, 0.6) is 0 Å². The number of nitrogens with one attached hydrogen (secondary N) is 1. The Labute approximate surface area is 125 Å². The highest BCUT2D eigenvalue weighted by Gasteiger charge is 2.21. The number of aromatic nitrogens is 2. The molecule has 0 amide bonds. The quantitative estimate of drug-likeness (QED) is 0.789. The van der Waals surface area contributed by atoms with E-state index >= 15 is 0 Å². The van der Waals surface area contributed by atoms with E-state index in [2.05, 4.69) is 25.8 Å². The van der Waals surface area contributed by atoms with E-state index in [1.165, 1.54) is 6.07 Å². The van der Waals surface area contributed by atoms with Gasteiger partial charge in [0.2, 0.25) is 10.0 Å². The van der Waals surface area contributed by atoms with Gasteiger partial charge in [0, 0.05) is 32.3 Å². The number of aryl methyl sites for hydroxylation is 1. The molecule has 2 rings (SSSR count). The fourth-order valence-corrected chi connectivity index (χ4v) is 3.70. The molecular formula is C11H15BrN4O3S. The minimum absolute atomic E-state index is 0.0546. The first-order chi connectivity index (χ1) is 9.42. The van der Waals surface area contributed by atoms with Crippen molar-refractivity contribution >= 4 is 26.0 Å². The number of nitrogens with zero attached hydrogens (tertiary/aromatic N) is 2. The predicted octanol–water partition coefficient (Wildman–Crippen LogP) is 0.755. The first kappa shape index (κ1) is 15.2. The second kappa shape index (κ2) is 6.08. The highest BCUT2D eigenvalue weighted by Crippen LogP contribution is 2.25. The first-order valence-corrected chi connectivity index (χ1v) is 8.16. The molecule has 0 saturated carbocycles. The molecule has 0 aliphatic heterocycles. The van der Waals surface area contributed by atoms with Crippen LogP contribution in [0.25, 0.3) is 0 Å². The van der Waals surface area contributed by atoms with Crippen molar-refractivity contribution in [2.24, 2.45) is 12.8 Å². The summed E-state index contributed by atoms with van der Waals surface area (Å²) in [6, 6.07) is 3.25. The van der Waals surface area contributed by atoms with Crippen molar-refractivity contribution in [1.82, 2.24) is 14.5 Å². The van der Waals surface area contributed by atoms with E-state index in [-0.39, 0.29) is 22.7 Å². The van der Waals surface area contributed by atoms with Crippen molar-refractivity contribution in [3.05, 3.63) is 34.5 Å². The van der Waals surface area contributed by atoms with E-state index in [4.69, 9.17) is 10.2 Å². The Bertz CT molecular complexity index is 692. The van der Waals surface area contributed by atoms with Crippen LogP contribution in [0, 0.1) is 0 Å². The van der Waals surface area contributed by atoms with Crippen LogP contribution in [0.2, 0.25) is 0 Å². The summed E-state index contributed by atoms with van der Waals surface area (Å²) in [6.45, 7) is 0.400. The average Bonchev–Trinajstić information content (AvgIpc) is 2.95. The van der Waals surface area contributed by atoms with Gasteiger partial charge >= 0.3 is 0 Å². The summed E-state index contributed by atoms with van der Waals surface area (Å²) >= 11 is 3.08. The van der Waals surface area contributed by atoms with Gasteiger partial charge in [0.25, 0.3) is 0 Å². The lowest BCUT2D eigenvalue weighted by molar-refractivity contribution is 0.483. The molecule has 0 bridgehead atoms. The lowest BCUT2D eigenvalue weighted by Crippen LogP contribution is -2.26. The smallest absolute Gasteiger partial charge is 0.244 e. The maximum atomic E-state index is 12.1. The molecule has 0 aromatic carbocycles. The molecule has 0 radical (unpaired) electrons. The van der Waals surface area contributed by atoms with Crippen molar-refractivity contribution in [2.75, 3.05) is 6.54 Å². The summed E-state index contributed by atoms with van der Waals surface area (Å²) in [5.41, 5.74) is 6.24. The number of hydrogen-bond donors (Lipinski definition) is 2. The van der Waals surface area contributed by atoms with Crippen LogP contribution in [0.15, 0.2) is 32.3 Å². The van der Waals surface area contributed by atoms with E-state index in [0.29, 0.717) is 12.2 Å². The molecular weight excluding hydrogens is 348 g/mol. The Balaban J connectivity index is 2.01. The van der Waals surface area contributed by atoms with Crippen LogP contribution in [0.1, 0.15) is 11.5 Å². The summed E-state index contributed by atoms with van der Waals surface area (Å²) in [7, 11) is -1.81. The predicted molar refractivity (Wildman–Crippen MR) is 76.4 cm³/mol. The van der Waals surface area contributed by atoms with Crippen LogP contribution in [-0.2, 0) is 30.0 Å². The van der Waals surface area contributed by atoms with E-state index in [1.54, 1.807) is 4.68 Å². The maximum Gasteiger partial charge on any atom is 0.244 e. The molecule has 110 valence electrons. The van der Waals surface area contributed by atoms with Crippen LogP contribution in [0.4, 0.5) is 0 Å². The van der Waals surface area contributed by atoms with Gasteiger partial charge in [-0.3, -0.25) is 4.68 Å². The largest absolute Gasteiger partial charge is 0.452 e. The van der Waals surface area contributed by atoms with E-state index in [1.807, 2.05) is 19.3 Å². The van der Waals surface area contributed by atoms with Crippen molar-refractivity contribution in [2.45, 2.75) is 17.9 Å². The fourth-order valence-electron chi connectivity index (χ4n) is 1.67. The average molecular weight is 363 g/mol. The van der Waals surface area contributed by atoms with Gasteiger partial charge in [-0.1, -0.05) is 0 Å². The van der Waals surface area contributed by atoms with Gasteiger partial charge < -0.3 is 10.2 Å². The molecule has 0 unspecified atom stereocenters. The molecule has 0 spiro atoms. The summed E-state index contributed by atoms with van der Waals surface area (Å²) in [5, 5.41) is 4.18. The molecule has 2 aromatic heterocycles. The topological polar surface area (TPSA) is 103 Å². The molecule has 0 atom stereocenters. The molecule has 0 saturated heterocycles. The Morgan fingerprint density at radius 3 is 2.85 bits per heavy atom. The highest BCUT2D eigenvalue weighted by molar-refractivity contribution is 9.10. The third-order valence-corrected chi connectivity index (χ3v) is 4.96. The third kappa shape index (κ3) is 3.48. The SMILES string of the molecule is Cn1ccc(CCNS(=O)(=O)c2cc(CN)oc2Br)n1. The molecule has 0 aliphatic carbocycles. The number of nitrogens with two attached hydrogens (primary N) is 1. The zero-order valence-corrected chi connectivity index (χ0v) is 13.2. The first-order valence-electron chi connectivity index (χ1n) is 5.89. The maximum absolute atomic E-state index is 12.1. The van der Waals surface area contributed by atoms with Crippen LogP contribution < -0.4 is 10.5 Å². The standard InChI is InChI=1S/C11H15BrN4O3S/c1-16-5-3-8(15-16)2-4-14-20(17,18)10-6-9(7-13)19-11(10)12/h3,5-6,14H,2,4,7,13H2,1H3. The molecule has 2 aromatic rings. The van der Waals surface area contributed by atoms with Gasteiger partial charge in [-0.15, -0.1) is 0 Å². The third-order valence-electron chi connectivity index (χ3n) is 2.64. The van der Waals surface area contributed by atoms with Gasteiger partial charge in [-0.25, -0.2) is 13.1 Å². The number of rotatable bonds is 6. The Morgan fingerprint density at radius 2 is 2.30 bits per heavy atom. The minimum Gasteiger partial charge on any atom is -0.452 e. The van der Waals surface area contributed by atoms with E-state index in [0.717, 1.165) is 5.69 Å². The summed E-state index contributed by atoms with van der Waals surface area (Å²) in [5.74, 6) is 0.405. The van der Waals surface area contributed by atoms with Crippen molar-refractivity contribution in [3.63, 3.8) is 0 Å². The fraction of sp³-hybridized carbons (Fsp3) is 0.364. The molecule has 7 nitrogen and oxygen atoms in total. The van der Waals surface area contributed by atoms with Crippen LogP contribution in [0.3, 0.4) is 0 Å². The van der Waals surface area contributed by atoms with Gasteiger partial charge in [-0.2, -0.15) is 5.10 Å². The number of furan rings is 1. The summed E-state index contributed by atoms with van der Waals surface area (Å²) in [4.78, 5) is 0.0546. The molecule has 20 heavy (non-hydrogen) atoms. The lowest BCUT2D eigenvalue weighted by atomic mass is 10.3. The lowest BCUT2D eigenvalue weighted by Gasteiger charge is -2.03. The Hall–Kier alpha value is -1.16. The molecule has 3 N–H and O–H groups in total. The van der Waals surface area contributed by atoms with Crippen molar-refractivity contribution in [3.8, 4) is 0 Å². The second-order valence-electron chi connectivity index (χ2n) is 4.18. The number of sulfonamides is 1. The zero-order valence-electron chi connectivity index (χ0n) is 10.8. The van der Waals surface area contributed by atoms with Crippen LogP contribution in [-0.4, -0.2) is 24.7 Å². The van der Waals surface area contributed by atoms with Gasteiger partial charge in [0.15, 0.2) is 4.67 Å². The molecule has 9 heteroatoms. The second-order valence-corrected chi connectivity index (χ2v) is 6.64. The van der Waals surface area contributed by atoms with E-state index < -0.39 is 10.0 Å². The van der Waals surface area contributed by atoms with Gasteiger partial charge in [0.05, 0.1) is 12.2 Å². The van der Waals surface area contributed by atoms with Crippen molar-refractivity contribution in [1.29, 1.82) is 0 Å². The van der Waals surface area contributed by atoms with Gasteiger partial charge in [0.1, 0.15) is 10.7 Å². The zero-order chi connectivity index (χ0) is 14.8. The van der Waals surface area contributed by atoms with Crippen molar-refractivity contribution < 1.29 is 12.8 Å². The molecule has 0 fully saturated rings. The molecule has 2 heterocycles. The Kier molecular flexibility index (Phi) is 4.63. The van der Waals surface area contributed by atoms with Crippen LogP contribution >= 0.6 is 15.9 Å². The summed E-state index contributed by atoms with van der Waals surface area (Å²) in [6.07, 6.45) is 2.32. The van der Waals surface area contributed by atoms with Gasteiger partial charge in [-0.05, 0) is 22.0 Å². The summed E-state index contributed by atoms with van der Waals surface area (Å²) < 4.78 is 33.7. The Morgan fingerprint density at radius 1 is 1.55 bits per heavy atom. The highest BCUT2D eigenvalue weighted by atomic mass is 79.9.